The number of rotatable bonds is 3. The van der Waals surface area contributed by atoms with Crippen molar-refractivity contribution in [3.05, 3.63) is 35.5 Å². The van der Waals surface area contributed by atoms with Gasteiger partial charge in [0.25, 0.3) is 0 Å². The van der Waals surface area contributed by atoms with E-state index in [0.29, 0.717) is 11.9 Å². The first-order chi connectivity index (χ1) is 10.0. The average molecular weight is 283 g/mol. The van der Waals surface area contributed by atoms with Crippen LogP contribution in [0.2, 0.25) is 0 Å². The third kappa shape index (κ3) is 2.09. The van der Waals surface area contributed by atoms with Crippen molar-refractivity contribution in [3.63, 3.8) is 0 Å². The van der Waals surface area contributed by atoms with Crippen LogP contribution in [-0.2, 0) is 6.54 Å². The van der Waals surface area contributed by atoms with Crippen molar-refractivity contribution in [2.75, 3.05) is 5.73 Å². The number of hydrogen-bond donors (Lipinski definition) is 1. The van der Waals surface area contributed by atoms with Gasteiger partial charge in [-0.3, -0.25) is 4.57 Å². The van der Waals surface area contributed by atoms with E-state index in [1.54, 1.807) is 0 Å². The molecule has 110 valence electrons. The number of nitrogens with two attached hydrogens (primary N) is 1. The van der Waals surface area contributed by atoms with Gasteiger partial charge in [0.05, 0.1) is 11.4 Å². The van der Waals surface area contributed by atoms with E-state index < -0.39 is 0 Å². The van der Waals surface area contributed by atoms with Crippen molar-refractivity contribution in [1.29, 1.82) is 0 Å². The van der Waals surface area contributed by atoms with Gasteiger partial charge in [-0.25, -0.2) is 9.67 Å². The first-order valence-electron chi connectivity index (χ1n) is 7.34. The van der Waals surface area contributed by atoms with E-state index in [-0.39, 0.29) is 0 Å². The topological polar surface area (TPSA) is 61.7 Å². The van der Waals surface area contributed by atoms with E-state index in [1.807, 2.05) is 16.2 Å². The SMILES string of the molecule is CCn1nc(C)c2nc(N)n(-c3cccc(C(C)C)c3)c21. The lowest BCUT2D eigenvalue weighted by Gasteiger charge is -2.11. The maximum absolute atomic E-state index is 6.16. The summed E-state index contributed by atoms with van der Waals surface area (Å²) in [6.07, 6.45) is 0. The molecule has 21 heavy (non-hydrogen) atoms. The highest BCUT2D eigenvalue weighted by Gasteiger charge is 2.18. The number of nitrogen functional groups attached to an aromatic ring is 1. The van der Waals surface area contributed by atoms with Crippen LogP contribution in [0.4, 0.5) is 5.95 Å². The zero-order valence-electron chi connectivity index (χ0n) is 13.0. The quantitative estimate of drug-likeness (QED) is 0.802. The number of hydrogen-bond acceptors (Lipinski definition) is 3. The molecule has 3 aromatic rings. The minimum atomic E-state index is 0.475. The van der Waals surface area contributed by atoms with Crippen molar-refractivity contribution >= 4 is 17.1 Å². The van der Waals surface area contributed by atoms with Crippen molar-refractivity contribution < 1.29 is 0 Å². The maximum Gasteiger partial charge on any atom is 0.207 e. The van der Waals surface area contributed by atoms with Crippen LogP contribution in [0.5, 0.6) is 0 Å². The molecule has 2 aromatic heterocycles. The normalized spacial score (nSPS) is 11.7. The van der Waals surface area contributed by atoms with Crippen molar-refractivity contribution in [3.8, 4) is 5.69 Å². The molecule has 0 saturated heterocycles. The summed E-state index contributed by atoms with van der Waals surface area (Å²) in [6, 6.07) is 8.44. The van der Waals surface area contributed by atoms with Gasteiger partial charge in [-0.15, -0.1) is 0 Å². The Balaban J connectivity index is 2.29. The third-order valence-corrected chi connectivity index (χ3v) is 3.83. The van der Waals surface area contributed by atoms with Crippen molar-refractivity contribution in [2.45, 2.75) is 40.2 Å². The number of benzene rings is 1. The zero-order chi connectivity index (χ0) is 15.1. The molecule has 0 atom stereocenters. The molecule has 5 nitrogen and oxygen atoms in total. The first kappa shape index (κ1) is 13.7. The van der Waals surface area contributed by atoms with Gasteiger partial charge in [0.1, 0.15) is 5.52 Å². The van der Waals surface area contributed by atoms with E-state index in [9.17, 15) is 0 Å². The molecule has 2 heterocycles. The van der Waals surface area contributed by atoms with Crippen molar-refractivity contribution in [2.24, 2.45) is 0 Å². The molecular formula is C16H21N5. The lowest BCUT2D eigenvalue weighted by molar-refractivity contribution is 0.663. The highest BCUT2D eigenvalue weighted by molar-refractivity contribution is 5.80. The smallest absolute Gasteiger partial charge is 0.207 e. The Morgan fingerprint density at radius 1 is 1.29 bits per heavy atom. The fourth-order valence-electron chi connectivity index (χ4n) is 2.68. The number of nitrogens with zero attached hydrogens (tertiary/aromatic N) is 4. The summed E-state index contributed by atoms with van der Waals surface area (Å²) in [6.45, 7) is 9.21. The van der Waals surface area contributed by atoms with E-state index in [4.69, 9.17) is 5.73 Å². The lowest BCUT2D eigenvalue weighted by Crippen LogP contribution is -2.07. The minimum absolute atomic E-state index is 0.475. The second-order valence-electron chi connectivity index (χ2n) is 5.63. The molecule has 3 rings (SSSR count). The Hall–Kier alpha value is -2.30. The minimum Gasteiger partial charge on any atom is -0.369 e. The van der Waals surface area contributed by atoms with Crippen LogP contribution < -0.4 is 5.73 Å². The van der Waals surface area contributed by atoms with Gasteiger partial charge in [0.2, 0.25) is 5.95 Å². The van der Waals surface area contributed by atoms with Gasteiger partial charge in [0.15, 0.2) is 5.65 Å². The molecule has 2 N–H and O–H groups in total. The number of aromatic nitrogens is 4. The molecule has 0 saturated carbocycles. The Morgan fingerprint density at radius 2 is 2.05 bits per heavy atom. The van der Waals surface area contributed by atoms with Gasteiger partial charge < -0.3 is 5.73 Å². The van der Waals surface area contributed by atoms with E-state index >= 15 is 0 Å². The van der Waals surface area contributed by atoms with Crippen LogP contribution in [0.1, 0.15) is 37.9 Å². The maximum atomic E-state index is 6.16. The summed E-state index contributed by atoms with van der Waals surface area (Å²) in [5.41, 5.74) is 11.2. The Labute approximate surface area is 124 Å². The number of aryl methyl sites for hydroxylation is 2. The molecule has 1 aromatic carbocycles. The van der Waals surface area contributed by atoms with Crippen LogP contribution >= 0.6 is 0 Å². The van der Waals surface area contributed by atoms with Crippen LogP contribution in [0.25, 0.3) is 16.9 Å². The largest absolute Gasteiger partial charge is 0.369 e. The summed E-state index contributed by atoms with van der Waals surface area (Å²) in [4.78, 5) is 4.49. The molecule has 0 bridgehead atoms. The lowest BCUT2D eigenvalue weighted by atomic mass is 10.0. The predicted molar refractivity (Wildman–Crippen MR) is 85.8 cm³/mol. The summed E-state index contributed by atoms with van der Waals surface area (Å²) in [7, 11) is 0. The molecule has 5 heteroatoms. The Bertz CT molecular complexity index is 794. The fourth-order valence-corrected chi connectivity index (χ4v) is 2.68. The standard InChI is InChI=1S/C16H21N5/c1-5-20-15-14(11(4)19-20)18-16(17)21(15)13-8-6-7-12(9-13)10(2)3/h6-10H,5H2,1-4H3,(H2,17,18). The van der Waals surface area contributed by atoms with Gasteiger partial charge >= 0.3 is 0 Å². The third-order valence-electron chi connectivity index (χ3n) is 3.83. The first-order valence-corrected chi connectivity index (χ1v) is 7.34. The van der Waals surface area contributed by atoms with Gasteiger partial charge in [0, 0.05) is 6.54 Å². The summed E-state index contributed by atoms with van der Waals surface area (Å²) in [5.74, 6) is 0.983. The number of fused-ring (bicyclic) bond motifs is 1. The summed E-state index contributed by atoms with van der Waals surface area (Å²) < 4.78 is 3.95. The second-order valence-corrected chi connectivity index (χ2v) is 5.63. The predicted octanol–water partition coefficient (Wildman–Crippen LogP) is 3.26. The summed E-state index contributed by atoms with van der Waals surface area (Å²) >= 11 is 0. The zero-order valence-corrected chi connectivity index (χ0v) is 13.0. The van der Waals surface area contributed by atoms with Crippen LogP contribution in [0.15, 0.2) is 24.3 Å². The molecule has 0 amide bonds. The van der Waals surface area contributed by atoms with Gasteiger partial charge in [-0.2, -0.15) is 5.10 Å². The average Bonchev–Trinajstić information content (AvgIpc) is 2.95. The molecule has 0 aliphatic carbocycles. The fraction of sp³-hybridized carbons (Fsp3) is 0.375. The van der Waals surface area contributed by atoms with Gasteiger partial charge in [-0.05, 0) is 37.5 Å². The highest BCUT2D eigenvalue weighted by atomic mass is 15.4. The summed E-state index contributed by atoms with van der Waals surface area (Å²) in [5, 5.41) is 4.53. The Kier molecular flexibility index (Phi) is 3.20. The number of anilines is 1. The molecular weight excluding hydrogens is 262 g/mol. The van der Waals surface area contributed by atoms with Crippen molar-refractivity contribution in [1.82, 2.24) is 19.3 Å². The monoisotopic (exact) mass is 283 g/mol. The second kappa shape index (κ2) is 4.91. The molecule has 0 aliphatic rings. The molecule has 0 aliphatic heterocycles. The Morgan fingerprint density at radius 3 is 2.71 bits per heavy atom. The van der Waals surface area contributed by atoms with E-state index in [2.05, 4.69) is 55.1 Å². The van der Waals surface area contributed by atoms with Crippen LogP contribution in [-0.4, -0.2) is 19.3 Å². The van der Waals surface area contributed by atoms with E-state index in [1.165, 1.54) is 5.56 Å². The van der Waals surface area contributed by atoms with E-state index in [0.717, 1.165) is 29.1 Å². The molecule has 0 radical (unpaired) electrons. The molecule has 0 spiro atoms. The van der Waals surface area contributed by atoms with Crippen LogP contribution in [0, 0.1) is 6.92 Å². The highest BCUT2D eigenvalue weighted by Crippen LogP contribution is 2.27. The molecule has 0 unspecified atom stereocenters. The van der Waals surface area contributed by atoms with Crippen LogP contribution in [0.3, 0.4) is 0 Å². The number of imidazole rings is 1. The van der Waals surface area contributed by atoms with Gasteiger partial charge in [-0.1, -0.05) is 26.0 Å². The molecule has 0 fully saturated rings.